The average molecular weight is 537 g/mol. The number of ether oxygens (including phenoxy) is 1. The maximum Gasteiger partial charge on any atom is 0.306 e. The van der Waals surface area contributed by atoms with Gasteiger partial charge in [0.1, 0.15) is 4.88 Å². The highest BCUT2D eigenvalue weighted by molar-refractivity contribution is 7.21. The first kappa shape index (κ1) is 25.8. The average Bonchev–Trinajstić information content (AvgIpc) is 3.20. The lowest BCUT2D eigenvalue weighted by molar-refractivity contribution is -0.143. The molecule has 1 heterocycles. The van der Waals surface area contributed by atoms with Crippen LogP contribution in [0, 0.1) is 17.6 Å². The van der Waals surface area contributed by atoms with E-state index in [0.29, 0.717) is 35.6 Å². The van der Waals surface area contributed by atoms with Gasteiger partial charge in [-0.3, -0.25) is 14.4 Å². The van der Waals surface area contributed by atoms with Crippen molar-refractivity contribution in [3.05, 3.63) is 63.5 Å². The Morgan fingerprint density at radius 1 is 1.00 bits per heavy atom. The van der Waals surface area contributed by atoms with Crippen LogP contribution in [0.5, 0.6) is 5.75 Å². The van der Waals surface area contributed by atoms with Gasteiger partial charge in [-0.2, -0.15) is 0 Å². The molecular formula is C25H23ClF2N2O5S. The zero-order valence-electron chi connectivity index (χ0n) is 19.0. The Morgan fingerprint density at radius 3 is 2.22 bits per heavy atom. The van der Waals surface area contributed by atoms with Crippen LogP contribution in [0.2, 0.25) is 5.02 Å². The van der Waals surface area contributed by atoms with Crippen LogP contribution >= 0.6 is 22.9 Å². The number of nitrogens with one attached hydrogen (secondary N) is 2. The second kappa shape index (κ2) is 11.2. The molecule has 3 N–H and O–H groups in total. The van der Waals surface area contributed by atoms with Gasteiger partial charge in [-0.1, -0.05) is 29.8 Å². The number of thiophene rings is 1. The standard InChI is InChI=1S/C25H23ClF2N2O5S/c26-20-16-3-1-2-4-19(16)36-22(20)24(32)30-10-9-29-23(31)14-11-17(27)21(18(28)12-14)35-15-7-5-13(6-8-15)25(33)34/h1-4,11-13,15H,5-10H2,(H,29,31)(H,30,32)(H,33,34). The van der Waals surface area contributed by atoms with Crippen LogP contribution in [0.4, 0.5) is 8.78 Å². The zero-order valence-corrected chi connectivity index (χ0v) is 20.6. The van der Waals surface area contributed by atoms with Crippen molar-refractivity contribution in [3.8, 4) is 5.75 Å². The van der Waals surface area contributed by atoms with Crippen molar-refractivity contribution >= 4 is 50.8 Å². The molecule has 0 spiro atoms. The van der Waals surface area contributed by atoms with E-state index < -0.39 is 41.3 Å². The molecule has 1 fully saturated rings. The molecule has 0 radical (unpaired) electrons. The largest absolute Gasteiger partial charge is 0.484 e. The number of hydrogen-bond donors (Lipinski definition) is 3. The molecule has 36 heavy (non-hydrogen) atoms. The first-order valence-corrected chi connectivity index (χ1v) is 12.6. The maximum atomic E-state index is 14.5. The van der Waals surface area contributed by atoms with E-state index in [4.69, 9.17) is 21.4 Å². The Hall–Kier alpha value is -3.24. The minimum Gasteiger partial charge on any atom is -0.484 e. The predicted molar refractivity (Wildman–Crippen MR) is 132 cm³/mol. The molecule has 4 rings (SSSR count). The molecule has 0 saturated heterocycles. The molecule has 3 aromatic rings. The van der Waals surface area contributed by atoms with Crippen LogP contribution in [0.15, 0.2) is 36.4 Å². The van der Waals surface area contributed by atoms with E-state index in [2.05, 4.69) is 10.6 Å². The number of carboxylic acids is 1. The summed E-state index contributed by atoms with van der Waals surface area (Å²) in [5, 5.41) is 15.4. The SMILES string of the molecule is O=C(NCCNC(=O)c1sc2ccccc2c1Cl)c1cc(F)c(OC2CCC(C(=O)O)CC2)c(F)c1. The van der Waals surface area contributed by atoms with E-state index in [1.54, 1.807) is 0 Å². The molecule has 7 nitrogen and oxygen atoms in total. The third-order valence-electron chi connectivity index (χ3n) is 6.01. The summed E-state index contributed by atoms with van der Waals surface area (Å²) in [4.78, 5) is 36.2. The van der Waals surface area contributed by atoms with E-state index in [1.807, 2.05) is 24.3 Å². The number of rotatable bonds is 8. The summed E-state index contributed by atoms with van der Waals surface area (Å²) in [6.07, 6.45) is 0.986. The number of carboxylic acid groups (broad SMARTS) is 1. The molecule has 2 amide bonds. The minimum absolute atomic E-state index is 0.0292. The molecule has 2 aromatic carbocycles. The number of amides is 2. The lowest BCUT2D eigenvalue weighted by Gasteiger charge is -2.27. The van der Waals surface area contributed by atoms with E-state index >= 15 is 0 Å². The summed E-state index contributed by atoms with van der Waals surface area (Å²) in [6, 6.07) is 9.13. The first-order chi connectivity index (χ1) is 17.2. The normalized spacial score (nSPS) is 17.5. The van der Waals surface area contributed by atoms with Crippen molar-refractivity contribution in [2.75, 3.05) is 13.1 Å². The van der Waals surface area contributed by atoms with Crippen LogP contribution < -0.4 is 15.4 Å². The maximum absolute atomic E-state index is 14.5. The molecule has 1 aromatic heterocycles. The van der Waals surface area contributed by atoms with E-state index in [1.165, 1.54) is 11.3 Å². The smallest absolute Gasteiger partial charge is 0.306 e. The third-order valence-corrected chi connectivity index (χ3v) is 7.68. The Bertz CT molecular complexity index is 1280. The fraction of sp³-hybridized carbons (Fsp3) is 0.320. The van der Waals surface area contributed by atoms with Crippen LogP contribution in [-0.4, -0.2) is 42.1 Å². The summed E-state index contributed by atoms with van der Waals surface area (Å²) in [6.45, 7) is 0.113. The number of carbonyl (C=O) groups is 3. The Kier molecular flexibility index (Phi) is 8.05. The fourth-order valence-corrected chi connectivity index (χ4v) is 5.53. The molecule has 0 atom stereocenters. The van der Waals surface area contributed by atoms with Gasteiger partial charge >= 0.3 is 5.97 Å². The monoisotopic (exact) mass is 536 g/mol. The molecule has 1 aliphatic carbocycles. The quantitative estimate of drug-likeness (QED) is 0.351. The number of fused-ring (bicyclic) bond motifs is 1. The molecule has 0 unspecified atom stereocenters. The van der Waals surface area contributed by atoms with Crippen LogP contribution in [0.3, 0.4) is 0 Å². The molecule has 0 bridgehead atoms. The van der Waals surface area contributed by atoms with E-state index in [-0.39, 0.29) is 24.6 Å². The van der Waals surface area contributed by atoms with E-state index in [9.17, 15) is 23.2 Å². The number of halogens is 3. The van der Waals surface area contributed by atoms with Gasteiger partial charge in [0.05, 0.1) is 17.0 Å². The molecule has 0 aliphatic heterocycles. The second-order valence-electron chi connectivity index (χ2n) is 8.45. The highest BCUT2D eigenvalue weighted by atomic mass is 35.5. The van der Waals surface area contributed by atoms with Gasteiger partial charge in [-0.15, -0.1) is 11.3 Å². The van der Waals surface area contributed by atoms with Crippen molar-refractivity contribution in [3.63, 3.8) is 0 Å². The van der Waals surface area contributed by atoms with E-state index in [0.717, 1.165) is 22.2 Å². The lowest BCUT2D eigenvalue weighted by atomic mass is 9.87. The Morgan fingerprint density at radius 2 is 1.61 bits per heavy atom. The molecule has 1 aliphatic rings. The van der Waals surface area contributed by atoms with Gasteiger partial charge in [0.15, 0.2) is 17.4 Å². The van der Waals surface area contributed by atoms with Crippen LogP contribution in [0.25, 0.3) is 10.1 Å². The van der Waals surface area contributed by atoms with Gasteiger partial charge in [0.2, 0.25) is 0 Å². The van der Waals surface area contributed by atoms with Crippen LogP contribution in [-0.2, 0) is 4.79 Å². The number of hydrogen-bond acceptors (Lipinski definition) is 5. The first-order valence-electron chi connectivity index (χ1n) is 11.4. The van der Waals surface area contributed by atoms with Crippen molar-refractivity contribution in [1.29, 1.82) is 0 Å². The van der Waals surface area contributed by atoms with Gasteiger partial charge in [0.25, 0.3) is 11.8 Å². The van der Waals surface area contributed by atoms with Gasteiger partial charge in [0, 0.05) is 28.7 Å². The van der Waals surface area contributed by atoms with Gasteiger partial charge in [-0.05, 0) is 43.9 Å². The number of benzene rings is 2. The van der Waals surface area contributed by atoms with Gasteiger partial charge < -0.3 is 20.5 Å². The topological polar surface area (TPSA) is 105 Å². The molecular weight excluding hydrogens is 514 g/mol. The van der Waals surface area contributed by atoms with Gasteiger partial charge in [-0.25, -0.2) is 8.78 Å². The number of aliphatic carboxylic acids is 1. The lowest BCUT2D eigenvalue weighted by Crippen LogP contribution is -2.34. The zero-order chi connectivity index (χ0) is 25.8. The highest BCUT2D eigenvalue weighted by Gasteiger charge is 2.28. The summed E-state index contributed by atoms with van der Waals surface area (Å²) >= 11 is 7.55. The number of carbonyl (C=O) groups excluding carboxylic acids is 2. The molecule has 11 heteroatoms. The van der Waals surface area contributed by atoms with Crippen molar-refractivity contribution in [2.24, 2.45) is 5.92 Å². The molecule has 190 valence electrons. The highest BCUT2D eigenvalue weighted by Crippen LogP contribution is 2.35. The Labute approximate surface area is 214 Å². The van der Waals surface area contributed by atoms with Crippen molar-refractivity contribution in [2.45, 2.75) is 31.8 Å². The second-order valence-corrected chi connectivity index (χ2v) is 9.88. The third kappa shape index (κ3) is 5.76. The van der Waals surface area contributed by atoms with Crippen molar-refractivity contribution < 1.29 is 33.0 Å². The predicted octanol–water partition coefficient (Wildman–Crippen LogP) is 5.01. The summed E-state index contributed by atoms with van der Waals surface area (Å²) < 4.78 is 35.4. The molecule has 1 saturated carbocycles. The minimum atomic E-state index is -1.02. The van der Waals surface area contributed by atoms with Crippen LogP contribution in [0.1, 0.15) is 45.7 Å². The summed E-state index contributed by atoms with van der Waals surface area (Å²) in [5.74, 6) is -5.08. The van der Waals surface area contributed by atoms with Crippen molar-refractivity contribution in [1.82, 2.24) is 10.6 Å². The fourth-order valence-electron chi connectivity index (χ4n) is 4.09. The Balaban J connectivity index is 1.28. The summed E-state index contributed by atoms with van der Waals surface area (Å²) in [7, 11) is 0. The summed E-state index contributed by atoms with van der Waals surface area (Å²) in [5.41, 5.74) is -0.231.